The summed E-state index contributed by atoms with van der Waals surface area (Å²) >= 11 is 0. The van der Waals surface area contributed by atoms with E-state index in [2.05, 4.69) is 24.1 Å². The van der Waals surface area contributed by atoms with E-state index < -0.39 is 0 Å². The largest absolute Gasteiger partial charge is 0.355 e. The van der Waals surface area contributed by atoms with Crippen molar-refractivity contribution < 1.29 is 9.59 Å². The quantitative estimate of drug-likeness (QED) is 0.826. The van der Waals surface area contributed by atoms with Gasteiger partial charge in [-0.3, -0.25) is 9.59 Å². The molecule has 19 heavy (non-hydrogen) atoms. The Morgan fingerprint density at radius 2 is 2.05 bits per heavy atom. The van der Waals surface area contributed by atoms with Gasteiger partial charge in [-0.25, -0.2) is 0 Å². The van der Waals surface area contributed by atoms with E-state index in [-0.39, 0.29) is 17.7 Å². The molecule has 0 aromatic heterocycles. The minimum atomic E-state index is -0.125. The summed E-state index contributed by atoms with van der Waals surface area (Å²) in [4.78, 5) is 26.0. The Hall–Kier alpha value is -1.06. The molecule has 1 saturated heterocycles. The van der Waals surface area contributed by atoms with Crippen LogP contribution in [0.5, 0.6) is 0 Å². The molecular formula is C15H26N2O2. The zero-order chi connectivity index (χ0) is 13.8. The summed E-state index contributed by atoms with van der Waals surface area (Å²) < 4.78 is 0. The van der Waals surface area contributed by atoms with Crippen LogP contribution >= 0.6 is 0 Å². The molecule has 2 aliphatic rings. The molecule has 1 atom stereocenters. The van der Waals surface area contributed by atoms with Gasteiger partial charge >= 0.3 is 0 Å². The molecule has 0 aromatic rings. The number of hydrogen-bond donors (Lipinski definition) is 1. The number of nitrogens with zero attached hydrogens (tertiary/aromatic N) is 1. The van der Waals surface area contributed by atoms with Gasteiger partial charge in [0.05, 0.1) is 5.92 Å². The summed E-state index contributed by atoms with van der Waals surface area (Å²) in [5.41, 5.74) is 0. The highest BCUT2D eigenvalue weighted by Crippen LogP contribution is 2.26. The summed E-state index contributed by atoms with van der Waals surface area (Å²) in [6, 6.07) is 0.418. The van der Waals surface area contributed by atoms with Crippen LogP contribution in [0, 0.1) is 11.8 Å². The van der Waals surface area contributed by atoms with Crippen molar-refractivity contribution in [1.29, 1.82) is 0 Å². The second-order valence-corrected chi connectivity index (χ2v) is 6.36. The third kappa shape index (κ3) is 3.71. The summed E-state index contributed by atoms with van der Waals surface area (Å²) in [5.74, 6) is 0.708. The van der Waals surface area contributed by atoms with Gasteiger partial charge in [-0.2, -0.15) is 0 Å². The van der Waals surface area contributed by atoms with Crippen LogP contribution in [-0.4, -0.2) is 35.8 Å². The van der Waals surface area contributed by atoms with Crippen LogP contribution in [0.3, 0.4) is 0 Å². The zero-order valence-corrected chi connectivity index (χ0v) is 12.2. The van der Waals surface area contributed by atoms with E-state index in [4.69, 9.17) is 0 Å². The maximum Gasteiger partial charge on any atom is 0.228 e. The van der Waals surface area contributed by atoms with Crippen LogP contribution in [0.15, 0.2) is 0 Å². The molecule has 1 aliphatic carbocycles. The first-order chi connectivity index (χ1) is 9.08. The molecule has 108 valence electrons. The van der Waals surface area contributed by atoms with Gasteiger partial charge in [-0.15, -0.1) is 0 Å². The van der Waals surface area contributed by atoms with E-state index in [9.17, 15) is 9.59 Å². The molecule has 2 amide bonds. The fourth-order valence-electron chi connectivity index (χ4n) is 3.10. The van der Waals surface area contributed by atoms with Crippen molar-refractivity contribution in [3.05, 3.63) is 0 Å². The Labute approximate surface area is 115 Å². The first-order valence-corrected chi connectivity index (χ1v) is 7.65. The van der Waals surface area contributed by atoms with Crippen molar-refractivity contribution in [3.63, 3.8) is 0 Å². The normalized spacial score (nSPS) is 23.9. The van der Waals surface area contributed by atoms with E-state index in [1.165, 1.54) is 12.8 Å². The Morgan fingerprint density at radius 1 is 1.37 bits per heavy atom. The van der Waals surface area contributed by atoms with Crippen LogP contribution in [0.4, 0.5) is 0 Å². The average Bonchev–Trinajstić information content (AvgIpc) is 3.00. The van der Waals surface area contributed by atoms with E-state index in [0.717, 1.165) is 25.8 Å². The molecule has 0 bridgehead atoms. The lowest BCUT2D eigenvalue weighted by molar-refractivity contribution is -0.138. The molecule has 4 heteroatoms. The molecular weight excluding hydrogens is 240 g/mol. The lowest BCUT2D eigenvalue weighted by Gasteiger charge is -2.31. The molecule has 2 rings (SSSR count). The van der Waals surface area contributed by atoms with Crippen molar-refractivity contribution in [2.75, 3.05) is 13.1 Å². The SMILES string of the molecule is CC(C)CCN(C(=O)C1CNC(=O)C1)C1CCCC1. The predicted octanol–water partition coefficient (Wildman–Crippen LogP) is 1.94. The molecule has 2 fully saturated rings. The number of carbonyl (C=O) groups is 2. The predicted molar refractivity (Wildman–Crippen MR) is 74.5 cm³/mol. The van der Waals surface area contributed by atoms with E-state index >= 15 is 0 Å². The topological polar surface area (TPSA) is 49.4 Å². The number of nitrogens with one attached hydrogen (secondary N) is 1. The first-order valence-electron chi connectivity index (χ1n) is 7.65. The number of rotatable bonds is 5. The van der Waals surface area contributed by atoms with Crippen LogP contribution in [0.1, 0.15) is 52.4 Å². The van der Waals surface area contributed by atoms with Crippen molar-refractivity contribution in [2.45, 2.75) is 58.4 Å². The van der Waals surface area contributed by atoms with Gasteiger partial charge in [0.25, 0.3) is 0 Å². The van der Waals surface area contributed by atoms with Crippen LogP contribution in [0.25, 0.3) is 0 Å². The summed E-state index contributed by atoms with van der Waals surface area (Å²) in [6.45, 7) is 5.77. The van der Waals surface area contributed by atoms with Gasteiger partial charge < -0.3 is 10.2 Å². The number of carbonyl (C=O) groups excluding carboxylic acids is 2. The van der Waals surface area contributed by atoms with Crippen molar-refractivity contribution in [1.82, 2.24) is 10.2 Å². The van der Waals surface area contributed by atoms with Gasteiger partial charge in [0.2, 0.25) is 11.8 Å². The molecule has 0 aromatic carbocycles. The van der Waals surface area contributed by atoms with E-state index in [1.54, 1.807) is 0 Å². The Kier molecular flexibility index (Phi) is 4.83. The van der Waals surface area contributed by atoms with Gasteiger partial charge in [0, 0.05) is 25.6 Å². The fourth-order valence-corrected chi connectivity index (χ4v) is 3.10. The molecule has 1 saturated carbocycles. The molecule has 0 spiro atoms. The van der Waals surface area contributed by atoms with Gasteiger partial charge in [-0.05, 0) is 25.2 Å². The minimum absolute atomic E-state index is 0.0218. The monoisotopic (exact) mass is 266 g/mol. The highest BCUT2D eigenvalue weighted by Gasteiger charge is 2.35. The van der Waals surface area contributed by atoms with Crippen molar-refractivity contribution in [3.8, 4) is 0 Å². The summed E-state index contributed by atoms with van der Waals surface area (Å²) in [5, 5.41) is 2.77. The maximum atomic E-state index is 12.6. The lowest BCUT2D eigenvalue weighted by Crippen LogP contribution is -2.43. The van der Waals surface area contributed by atoms with Gasteiger partial charge in [-0.1, -0.05) is 26.7 Å². The molecule has 1 heterocycles. The summed E-state index contributed by atoms with van der Waals surface area (Å²) in [7, 11) is 0. The second-order valence-electron chi connectivity index (χ2n) is 6.36. The molecule has 1 N–H and O–H groups in total. The van der Waals surface area contributed by atoms with Crippen LogP contribution in [-0.2, 0) is 9.59 Å². The van der Waals surface area contributed by atoms with Gasteiger partial charge in [0.1, 0.15) is 0 Å². The Balaban J connectivity index is 1.98. The van der Waals surface area contributed by atoms with E-state index in [0.29, 0.717) is 24.9 Å². The average molecular weight is 266 g/mol. The highest BCUT2D eigenvalue weighted by atomic mass is 16.2. The third-order valence-corrected chi connectivity index (χ3v) is 4.32. The maximum absolute atomic E-state index is 12.6. The fraction of sp³-hybridized carbons (Fsp3) is 0.867. The first kappa shape index (κ1) is 14.4. The number of amides is 2. The third-order valence-electron chi connectivity index (χ3n) is 4.32. The zero-order valence-electron chi connectivity index (χ0n) is 12.2. The second kappa shape index (κ2) is 6.40. The lowest BCUT2D eigenvalue weighted by atomic mass is 10.0. The molecule has 1 unspecified atom stereocenters. The molecule has 1 aliphatic heterocycles. The van der Waals surface area contributed by atoms with Crippen LogP contribution < -0.4 is 5.32 Å². The van der Waals surface area contributed by atoms with E-state index in [1.807, 2.05) is 0 Å². The molecule has 0 radical (unpaired) electrons. The Morgan fingerprint density at radius 3 is 2.58 bits per heavy atom. The van der Waals surface area contributed by atoms with Crippen molar-refractivity contribution >= 4 is 11.8 Å². The van der Waals surface area contributed by atoms with Gasteiger partial charge in [0.15, 0.2) is 0 Å². The number of hydrogen-bond acceptors (Lipinski definition) is 2. The highest BCUT2D eigenvalue weighted by molar-refractivity contribution is 5.89. The standard InChI is InChI=1S/C15H26N2O2/c1-11(2)7-8-17(13-5-3-4-6-13)15(19)12-9-14(18)16-10-12/h11-13H,3-10H2,1-2H3,(H,16,18). The molecule has 4 nitrogen and oxygen atoms in total. The van der Waals surface area contributed by atoms with Crippen molar-refractivity contribution in [2.24, 2.45) is 11.8 Å². The smallest absolute Gasteiger partial charge is 0.228 e. The summed E-state index contributed by atoms with van der Waals surface area (Å²) in [6.07, 6.45) is 6.17. The Bertz CT molecular complexity index is 335. The minimum Gasteiger partial charge on any atom is -0.355 e. The van der Waals surface area contributed by atoms with Crippen LogP contribution in [0.2, 0.25) is 0 Å².